The lowest BCUT2D eigenvalue weighted by Gasteiger charge is -2.39. The molecule has 0 radical (unpaired) electrons. The van der Waals surface area contributed by atoms with Crippen molar-refractivity contribution in [2.24, 2.45) is 5.92 Å². The molecule has 1 aromatic rings. The van der Waals surface area contributed by atoms with E-state index in [1.54, 1.807) is 0 Å². The monoisotopic (exact) mass is 276 g/mol. The van der Waals surface area contributed by atoms with Gasteiger partial charge in [0.2, 0.25) is 0 Å². The molecule has 1 aromatic carbocycles. The van der Waals surface area contributed by atoms with Gasteiger partial charge in [0.15, 0.2) is 0 Å². The second-order valence-electron chi connectivity index (χ2n) is 6.48. The number of hydrogen-bond acceptors (Lipinski definition) is 3. The van der Waals surface area contributed by atoms with Gasteiger partial charge in [-0.05, 0) is 50.0 Å². The van der Waals surface area contributed by atoms with Gasteiger partial charge in [-0.3, -0.25) is 0 Å². The lowest BCUT2D eigenvalue weighted by atomic mass is 9.74. The zero-order valence-electron chi connectivity index (χ0n) is 12.1. The predicted molar refractivity (Wildman–Crippen MR) is 77.8 cm³/mol. The molecule has 1 aliphatic heterocycles. The molecule has 110 valence electrons. The van der Waals surface area contributed by atoms with Crippen molar-refractivity contribution in [1.29, 1.82) is 0 Å². The number of hydrogen-bond donors (Lipinski definition) is 2. The maximum atomic E-state index is 10.8. The average molecular weight is 276 g/mol. The maximum Gasteiger partial charge on any atom is 0.128 e. The van der Waals surface area contributed by atoms with Gasteiger partial charge >= 0.3 is 0 Å². The molecule has 1 unspecified atom stereocenters. The van der Waals surface area contributed by atoms with E-state index in [0.29, 0.717) is 25.4 Å². The second kappa shape index (κ2) is 5.38. The van der Waals surface area contributed by atoms with Gasteiger partial charge in [-0.15, -0.1) is 0 Å². The molecule has 2 N–H and O–H groups in total. The summed E-state index contributed by atoms with van der Waals surface area (Å²) in [5.74, 6) is 1.45. The molecular weight excluding hydrogens is 252 g/mol. The standard InChI is InChI=1S/C17H24O3/c1-12-7-9-17(19,10-8-12)16(18)14-6-2-4-13-5-3-11-20-15(13)14/h2,4,6,12,16,18-19H,3,5,7-11H2,1H3. The van der Waals surface area contributed by atoms with Crippen molar-refractivity contribution >= 4 is 0 Å². The van der Waals surface area contributed by atoms with Gasteiger partial charge in [0, 0.05) is 5.56 Å². The van der Waals surface area contributed by atoms with Crippen LogP contribution in [0.2, 0.25) is 0 Å². The molecule has 0 spiro atoms. The van der Waals surface area contributed by atoms with Crippen LogP contribution in [0.1, 0.15) is 56.3 Å². The molecule has 20 heavy (non-hydrogen) atoms. The van der Waals surface area contributed by atoms with Crippen molar-refractivity contribution in [1.82, 2.24) is 0 Å². The van der Waals surface area contributed by atoms with Gasteiger partial charge in [0.25, 0.3) is 0 Å². The lowest BCUT2D eigenvalue weighted by molar-refractivity contribution is -0.106. The zero-order chi connectivity index (χ0) is 14.2. The quantitative estimate of drug-likeness (QED) is 0.873. The van der Waals surface area contributed by atoms with Gasteiger partial charge in [0.05, 0.1) is 12.2 Å². The van der Waals surface area contributed by atoms with Crippen molar-refractivity contribution in [3.8, 4) is 5.75 Å². The first kappa shape index (κ1) is 13.9. The summed E-state index contributed by atoms with van der Waals surface area (Å²) in [4.78, 5) is 0. The zero-order valence-corrected chi connectivity index (χ0v) is 12.1. The van der Waals surface area contributed by atoms with Crippen molar-refractivity contribution in [3.05, 3.63) is 29.3 Å². The summed E-state index contributed by atoms with van der Waals surface area (Å²) in [6.07, 6.45) is 4.45. The SMILES string of the molecule is CC1CCC(O)(C(O)c2cccc3c2OCCC3)CC1. The number of benzene rings is 1. The highest BCUT2D eigenvalue weighted by Gasteiger charge is 2.40. The number of aliphatic hydroxyl groups is 2. The van der Waals surface area contributed by atoms with E-state index in [2.05, 4.69) is 13.0 Å². The van der Waals surface area contributed by atoms with E-state index in [1.165, 1.54) is 0 Å². The van der Waals surface area contributed by atoms with Crippen molar-refractivity contribution in [2.45, 2.75) is 57.2 Å². The fourth-order valence-electron chi connectivity index (χ4n) is 3.45. The van der Waals surface area contributed by atoms with Crippen LogP contribution in [0.3, 0.4) is 0 Å². The second-order valence-corrected chi connectivity index (χ2v) is 6.48. The van der Waals surface area contributed by atoms with Crippen LogP contribution in [0.5, 0.6) is 5.75 Å². The highest BCUT2D eigenvalue weighted by atomic mass is 16.5. The van der Waals surface area contributed by atoms with E-state index >= 15 is 0 Å². The van der Waals surface area contributed by atoms with E-state index in [1.807, 2.05) is 12.1 Å². The minimum Gasteiger partial charge on any atom is -0.493 e. The highest BCUT2D eigenvalue weighted by Crippen LogP contribution is 2.44. The number of ether oxygens (including phenoxy) is 1. The average Bonchev–Trinajstić information content (AvgIpc) is 2.49. The first-order chi connectivity index (χ1) is 9.60. The first-order valence-electron chi connectivity index (χ1n) is 7.75. The Labute approximate surface area is 120 Å². The van der Waals surface area contributed by atoms with Crippen molar-refractivity contribution < 1.29 is 14.9 Å². The maximum absolute atomic E-state index is 10.8. The minimum absolute atomic E-state index is 0.642. The molecule has 0 saturated heterocycles. The molecule has 1 saturated carbocycles. The van der Waals surface area contributed by atoms with Crippen molar-refractivity contribution in [2.75, 3.05) is 6.61 Å². The van der Waals surface area contributed by atoms with Gasteiger partial charge in [0.1, 0.15) is 11.9 Å². The van der Waals surface area contributed by atoms with Gasteiger partial charge in [-0.25, -0.2) is 0 Å². The Kier molecular flexibility index (Phi) is 3.74. The minimum atomic E-state index is -0.998. The predicted octanol–water partition coefficient (Wildman–Crippen LogP) is 2.99. The largest absolute Gasteiger partial charge is 0.493 e. The normalized spacial score (nSPS) is 31.2. The molecule has 3 heteroatoms. The Morgan fingerprint density at radius 3 is 2.80 bits per heavy atom. The van der Waals surface area contributed by atoms with E-state index in [9.17, 15) is 10.2 Å². The van der Waals surface area contributed by atoms with E-state index in [-0.39, 0.29) is 0 Å². The first-order valence-corrected chi connectivity index (χ1v) is 7.75. The van der Waals surface area contributed by atoms with Crippen molar-refractivity contribution in [3.63, 3.8) is 0 Å². The summed E-state index contributed by atoms with van der Waals surface area (Å²) in [6.45, 7) is 2.91. The summed E-state index contributed by atoms with van der Waals surface area (Å²) < 4.78 is 5.76. The number of fused-ring (bicyclic) bond motifs is 1. The van der Waals surface area contributed by atoms with Gasteiger partial charge < -0.3 is 14.9 Å². The summed E-state index contributed by atoms with van der Waals surface area (Å²) >= 11 is 0. The molecule has 1 atom stereocenters. The Balaban J connectivity index is 1.89. The summed E-state index contributed by atoms with van der Waals surface area (Å²) in [6, 6.07) is 5.91. The summed E-state index contributed by atoms with van der Waals surface area (Å²) in [5, 5.41) is 21.5. The van der Waals surface area contributed by atoms with Crippen LogP contribution in [0.25, 0.3) is 0 Å². The van der Waals surface area contributed by atoms with Crippen LogP contribution in [0, 0.1) is 5.92 Å². The summed E-state index contributed by atoms with van der Waals surface area (Å²) in [5.41, 5.74) is 0.919. The molecule has 1 aliphatic carbocycles. The third kappa shape index (κ3) is 2.45. The Morgan fingerprint density at radius 2 is 2.05 bits per heavy atom. The van der Waals surface area contributed by atoms with Crippen LogP contribution in [0.15, 0.2) is 18.2 Å². The molecule has 2 aliphatic rings. The van der Waals surface area contributed by atoms with Crippen LogP contribution in [-0.4, -0.2) is 22.4 Å². The third-order valence-corrected chi connectivity index (χ3v) is 4.91. The third-order valence-electron chi connectivity index (χ3n) is 4.91. The van der Waals surface area contributed by atoms with Crippen LogP contribution in [0.4, 0.5) is 0 Å². The van der Waals surface area contributed by atoms with Crippen LogP contribution >= 0.6 is 0 Å². The topological polar surface area (TPSA) is 49.7 Å². The fraction of sp³-hybridized carbons (Fsp3) is 0.647. The number of aliphatic hydroxyl groups excluding tert-OH is 1. The number of aryl methyl sites for hydroxylation is 1. The number of rotatable bonds is 2. The molecule has 1 fully saturated rings. The Bertz CT molecular complexity index is 475. The molecule has 0 amide bonds. The van der Waals surface area contributed by atoms with Gasteiger partial charge in [-0.1, -0.05) is 25.1 Å². The molecular formula is C17H24O3. The molecule has 3 rings (SSSR count). The highest BCUT2D eigenvalue weighted by molar-refractivity contribution is 5.44. The lowest BCUT2D eigenvalue weighted by Crippen LogP contribution is -2.40. The molecule has 1 heterocycles. The fourth-order valence-corrected chi connectivity index (χ4v) is 3.45. The van der Waals surface area contributed by atoms with Gasteiger partial charge in [-0.2, -0.15) is 0 Å². The van der Waals surface area contributed by atoms with Crippen LogP contribution in [-0.2, 0) is 6.42 Å². The molecule has 3 nitrogen and oxygen atoms in total. The van der Waals surface area contributed by atoms with E-state index in [4.69, 9.17) is 4.74 Å². The molecule has 0 aromatic heterocycles. The summed E-state index contributed by atoms with van der Waals surface area (Å²) in [7, 11) is 0. The Morgan fingerprint density at radius 1 is 1.30 bits per heavy atom. The smallest absolute Gasteiger partial charge is 0.128 e. The van der Waals surface area contributed by atoms with E-state index < -0.39 is 11.7 Å². The van der Waals surface area contributed by atoms with E-state index in [0.717, 1.165) is 42.6 Å². The molecule has 0 bridgehead atoms. The number of para-hydroxylation sites is 1. The van der Waals surface area contributed by atoms with Crippen LogP contribution < -0.4 is 4.74 Å². The Hall–Kier alpha value is -1.06.